The molecule has 2 nitrogen and oxygen atoms in total. The second kappa shape index (κ2) is 6.06. The number of hydrogen-bond donors (Lipinski definition) is 1. The van der Waals surface area contributed by atoms with Crippen molar-refractivity contribution in [1.29, 1.82) is 0 Å². The maximum Gasteiger partial charge on any atom is 0.0319 e. The summed E-state index contributed by atoms with van der Waals surface area (Å²) in [5.41, 5.74) is 1.46. The fourth-order valence-corrected chi connectivity index (χ4v) is 3.77. The van der Waals surface area contributed by atoms with Crippen LogP contribution in [0.25, 0.3) is 0 Å². The van der Waals surface area contributed by atoms with Gasteiger partial charge >= 0.3 is 0 Å². The fraction of sp³-hybridized carbons (Fsp3) is 0.647. The molecule has 1 aromatic carbocycles. The van der Waals surface area contributed by atoms with E-state index >= 15 is 0 Å². The highest BCUT2D eigenvalue weighted by Gasteiger charge is 2.29. The molecule has 0 bridgehead atoms. The van der Waals surface area contributed by atoms with Crippen LogP contribution < -0.4 is 5.32 Å². The molecule has 0 spiro atoms. The first-order valence-electron chi connectivity index (χ1n) is 7.87. The molecule has 0 aliphatic carbocycles. The Labute approximate surface area is 117 Å². The Kier molecular flexibility index (Phi) is 4.19. The lowest BCUT2D eigenvalue weighted by molar-refractivity contribution is 0.126. The number of nitrogens with zero attached hydrogens (tertiary/aromatic N) is 1. The van der Waals surface area contributed by atoms with E-state index in [-0.39, 0.29) is 0 Å². The number of nitrogens with one attached hydrogen (secondary N) is 1. The molecule has 1 N–H and O–H groups in total. The van der Waals surface area contributed by atoms with E-state index in [4.69, 9.17) is 0 Å². The average molecular weight is 258 g/mol. The molecule has 2 unspecified atom stereocenters. The smallest absolute Gasteiger partial charge is 0.0319 e. The normalized spacial score (nSPS) is 27.5. The SMILES string of the molecule is CC(c1ccccc1)N1CCC(C2CCCN2)CC1. The first kappa shape index (κ1) is 13.1. The molecule has 2 aliphatic rings. The van der Waals surface area contributed by atoms with E-state index in [9.17, 15) is 0 Å². The highest BCUT2D eigenvalue weighted by molar-refractivity contribution is 5.18. The van der Waals surface area contributed by atoms with Gasteiger partial charge in [0.15, 0.2) is 0 Å². The van der Waals surface area contributed by atoms with Crippen LogP contribution in [0, 0.1) is 5.92 Å². The number of piperidine rings is 1. The van der Waals surface area contributed by atoms with Crippen molar-refractivity contribution in [2.24, 2.45) is 5.92 Å². The summed E-state index contributed by atoms with van der Waals surface area (Å²) in [7, 11) is 0. The third-order valence-corrected chi connectivity index (χ3v) is 5.07. The number of likely N-dealkylation sites (tertiary alicyclic amines) is 1. The van der Waals surface area contributed by atoms with Crippen LogP contribution in [0.5, 0.6) is 0 Å². The highest BCUT2D eigenvalue weighted by atomic mass is 15.2. The lowest BCUT2D eigenvalue weighted by Gasteiger charge is -2.38. The van der Waals surface area contributed by atoms with Gasteiger partial charge in [-0.2, -0.15) is 0 Å². The monoisotopic (exact) mass is 258 g/mol. The zero-order valence-corrected chi connectivity index (χ0v) is 12.0. The highest BCUT2D eigenvalue weighted by Crippen LogP contribution is 2.30. The quantitative estimate of drug-likeness (QED) is 0.895. The first-order chi connectivity index (χ1) is 9.34. The first-order valence-corrected chi connectivity index (χ1v) is 7.87. The molecule has 2 heterocycles. The van der Waals surface area contributed by atoms with Crippen molar-refractivity contribution < 1.29 is 0 Å². The van der Waals surface area contributed by atoms with Gasteiger partial charge in [-0.25, -0.2) is 0 Å². The second-order valence-corrected chi connectivity index (χ2v) is 6.16. The Hall–Kier alpha value is -0.860. The summed E-state index contributed by atoms with van der Waals surface area (Å²) in [6.45, 7) is 6.12. The van der Waals surface area contributed by atoms with Crippen molar-refractivity contribution >= 4 is 0 Å². The van der Waals surface area contributed by atoms with Gasteiger partial charge in [0.05, 0.1) is 0 Å². The molecular weight excluding hydrogens is 232 g/mol. The van der Waals surface area contributed by atoms with E-state index in [1.165, 1.54) is 50.9 Å². The van der Waals surface area contributed by atoms with Crippen LogP contribution in [0.15, 0.2) is 30.3 Å². The largest absolute Gasteiger partial charge is 0.314 e. The minimum absolute atomic E-state index is 0.568. The van der Waals surface area contributed by atoms with Crippen molar-refractivity contribution in [2.75, 3.05) is 19.6 Å². The molecule has 0 amide bonds. The fourth-order valence-electron chi connectivity index (χ4n) is 3.77. The number of rotatable bonds is 3. The maximum atomic E-state index is 3.68. The van der Waals surface area contributed by atoms with Gasteiger partial charge in [-0.3, -0.25) is 4.90 Å². The topological polar surface area (TPSA) is 15.3 Å². The maximum absolute atomic E-state index is 3.68. The molecule has 2 saturated heterocycles. The van der Waals surface area contributed by atoms with Crippen molar-refractivity contribution in [3.8, 4) is 0 Å². The molecule has 1 aromatic rings. The van der Waals surface area contributed by atoms with Crippen LogP contribution in [0.3, 0.4) is 0 Å². The van der Waals surface area contributed by atoms with E-state index < -0.39 is 0 Å². The molecule has 3 rings (SSSR count). The van der Waals surface area contributed by atoms with Gasteiger partial charge in [-0.1, -0.05) is 30.3 Å². The van der Waals surface area contributed by atoms with Crippen LogP contribution in [0.2, 0.25) is 0 Å². The average Bonchev–Trinajstić information content (AvgIpc) is 3.02. The van der Waals surface area contributed by atoms with E-state index in [2.05, 4.69) is 47.5 Å². The van der Waals surface area contributed by atoms with Gasteiger partial charge in [-0.05, 0) is 63.7 Å². The molecule has 2 aliphatic heterocycles. The summed E-state index contributed by atoms with van der Waals surface area (Å²) < 4.78 is 0. The van der Waals surface area contributed by atoms with E-state index in [0.29, 0.717) is 6.04 Å². The summed E-state index contributed by atoms with van der Waals surface area (Å²) in [6.07, 6.45) is 5.52. The number of benzene rings is 1. The Balaban J connectivity index is 1.55. The van der Waals surface area contributed by atoms with Gasteiger partial charge in [0, 0.05) is 12.1 Å². The third kappa shape index (κ3) is 3.01. The Morgan fingerprint density at radius 1 is 1.11 bits per heavy atom. The van der Waals surface area contributed by atoms with Crippen LogP contribution in [-0.4, -0.2) is 30.6 Å². The molecule has 0 saturated carbocycles. The van der Waals surface area contributed by atoms with E-state index in [0.717, 1.165) is 12.0 Å². The molecular formula is C17H26N2. The van der Waals surface area contributed by atoms with Crippen molar-refractivity contribution in [3.05, 3.63) is 35.9 Å². The summed E-state index contributed by atoms with van der Waals surface area (Å²) >= 11 is 0. The second-order valence-electron chi connectivity index (χ2n) is 6.16. The van der Waals surface area contributed by atoms with Gasteiger partial charge in [0.2, 0.25) is 0 Å². The summed E-state index contributed by atoms with van der Waals surface area (Å²) in [6, 6.07) is 12.3. The van der Waals surface area contributed by atoms with Gasteiger partial charge in [0.25, 0.3) is 0 Å². The van der Waals surface area contributed by atoms with Gasteiger partial charge in [0.1, 0.15) is 0 Å². The van der Waals surface area contributed by atoms with Crippen molar-refractivity contribution in [3.63, 3.8) is 0 Å². The van der Waals surface area contributed by atoms with Crippen molar-refractivity contribution in [1.82, 2.24) is 10.2 Å². The summed E-state index contributed by atoms with van der Waals surface area (Å²) in [5, 5.41) is 3.68. The van der Waals surface area contributed by atoms with Crippen LogP contribution >= 0.6 is 0 Å². The molecule has 2 fully saturated rings. The van der Waals surface area contributed by atoms with Crippen molar-refractivity contribution in [2.45, 2.75) is 44.7 Å². The standard InChI is InChI=1S/C17H26N2/c1-14(15-6-3-2-4-7-15)19-12-9-16(10-13-19)17-8-5-11-18-17/h2-4,6-7,14,16-18H,5,8-13H2,1H3. The zero-order chi connectivity index (χ0) is 13.1. The Bertz CT molecular complexity index is 376. The van der Waals surface area contributed by atoms with Gasteiger partial charge < -0.3 is 5.32 Å². The van der Waals surface area contributed by atoms with Gasteiger partial charge in [-0.15, -0.1) is 0 Å². The summed E-state index contributed by atoms with van der Waals surface area (Å²) in [4.78, 5) is 2.65. The molecule has 2 heteroatoms. The minimum atomic E-state index is 0.568. The summed E-state index contributed by atoms with van der Waals surface area (Å²) in [5.74, 6) is 0.918. The molecule has 2 atom stereocenters. The zero-order valence-electron chi connectivity index (χ0n) is 12.0. The lowest BCUT2D eigenvalue weighted by Crippen LogP contribution is -2.41. The lowest BCUT2D eigenvalue weighted by atomic mass is 9.87. The van der Waals surface area contributed by atoms with E-state index in [1.807, 2.05) is 0 Å². The Morgan fingerprint density at radius 3 is 2.47 bits per heavy atom. The molecule has 104 valence electrons. The van der Waals surface area contributed by atoms with Crippen LogP contribution in [-0.2, 0) is 0 Å². The minimum Gasteiger partial charge on any atom is -0.314 e. The predicted molar refractivity (Wildman–Crippen MR) is 80.2 cm³/mol. The van der Waals surface area contributed by atoms with Crippen LogP contribution in [0.1, 0.15) is 44.2 Å². The molecule has 0 radical (unpaired) electrons. The third-order valence-electron chi connectivity index (χ3n) is 5.07. The molecule has 0 aromatic heterocycles. The molecule has 19 heavy (non-hydrogen) atoms. The predicted octanol–water partition coefficient (Wildman–Crippen LogP) is 3.21. The number of hydrogen-bond acceptors (Lipinski definition) is 2. The Morgan fingerprint density at radius 2 is 1.84 bits per heavy atom. The van der Waals surface area contributed by atoms with E-state index in [1.54, 1.807) is 0 Å². The van der Waals surface area contributed by atoms with Crippen LogP contribution in [0.4, 0.5) is 0 Å².